The standard InChI is InChI=1S/C21H25FN2OS2.CH2O2/c1-15-4-5-16(22)12-19(15)23-11-10-21(2)14-27-20(24-21)13-25-17-6-8-18(26-3)9-7-17;2-1-3/h4-9,12,23H,10-11,13-14H2,1-3H3;1H,(H,2,3). The third-order valence-electron chi connectivity index (χ3n) is 4.54. The van der Waals surface area contributed by atoms with Crippen molar-refractivity contribution in [3.8, 4) is 5.75 Å². The van der Waals surface area contributed by atoms with Crippen molar-refractivity contribution in [2.75, 3.05) is 30.5 Å². The lowest BCUT2D eigenvalue weighted by atomic mass is 10.0. The number of ether oxygens (including phenoxy) is 1. The van der Waals surface area contributed by atoms with E-state index < -0.39 is 0 Å². The summed E-state index contributed by atoms with van der Waals surface area (Å²) in [6, 6.07) is 12.9. The van der Waals surface area contributed by atoms with Gasteiger partial charge in [-0.25, -0.2) is 4.39 Å². The lowest BCUT2D eigenvalue weighted by Gasteiger charge is -2.20. The molecule has 2 N–H and O–H groups in total. The van der Waals surface area contributed by atoms with Crippen LogP contribution in [0.15, 0.2) is 52.4 Å². The van der Waals surface area contributed by atoms with Crippen LogP contribution in [0.5, 0.6) is 5.75 Å². The topological polar surface area (TPSA) is 70.9 Å². The molecular formula is C22H27FN2O3S2. The molecule has 3 rings (SSSR count). The Balaban J connectivity index is 0.00000101. The van der Waals surface area contributed by atoms with Crippen LogP contribution in [0.3, 0.4) is 0 Å². The SMILES string of the molecule is CSc1ccc(OCC2=NC(C)(CCNc3cc(F)ccc3C)CS2)cc1.O=CO. The zero-order valence-corrected chi connectivity index (χ0v) is 19.0. The molecule has 0 aliphatic carbocycles. The normalized spacial score (nSPS) is 17.5. The van der Waals surface area contributed by atoms with Gasteiger partial charge in [0.25, 0.3) is 6.47 Å². The Kier molecular flexibility index (Phi) is 9.52. The summed E-state index contributed by atoms with van der Waals surface area (Å²) in [5.41, 5.74) is 1.79. The van der Waals surface area contributed by atoms with Crippen LogP contribution in [0.1, 0.15) is 18.9 Å². The second kappa shape index (κ2) is 11.9. The number of hydrogen-bond donors (Lipinski definition) is 2. The molecule has 0 fully saturated rings. The van der Waals surface area contributed by atoms with Crippen LogP contribution in [0.2, 0.25) is 0 Å². The Hall–Kier alpha value is -2.19. The molecule has 1 unspecified atom stereocenters. The number of carbonyl (C=O) groups is 1. The predicted octanol–water partition coefficient (Wildman–Crippen LogP) is 5.34. The van der Waals surface area contributed by atoms with Crippen LogP contribution in [0.25, 0.3) is 0 Å². The first-order valence-electron chi connectivity index (χ1n) is 9.45. The molecule has 0 spiro atoms. The van der Waals surface area contributed by atoms with Crippen molar-refractivity contribution in [1.82, 2.24) is 0 Å². The highest BCUT2D eigenvalue weighted by molar-refractivity contribution is 8.14. The molecule has 0 saturated heterocycles. The van der Waals surface area contributed by atoms with Crippen molar-refractivity contribution in [2.45, 2.75) is 30.7 Å². The molecule has 1 aliphatic heterocycles. The van der Waals surface area contributed by atoms with Gasteiger partial charge in [-0.15, -0.1) is 23.5 Å². The van der Waals surface area contributed by atoms with E-state index in [4.69, 9.17) is 19.6 Å². The molecule has 1 atom stereocenters. The molecule has 0 radical (unpaired) electrons. The molecule has 5 nitrogen and oxygen atoms in total. The van der Waals surface area contributed by atoms with Gasteiger partial charge in [-0.1, -0.05) is 6.07 Å². The Labute approximate surface area is 185 Å². The van der Waals surface area contributed by atoms with E-state index in [9.17, 15) is 4.39 Å². The van der Waals surface area contributed by atoms with Crippen molar-refractivity contribution in [3.63, 3.8) is 0 Å². The quantitative estimate of drug-likeness (QED) is 0.418. The molecule has 8 heteroatoms. The highest BCUT2D eigenvalue weighted by Gasteiger charge is 2.30. The van der Waals surface area contributed by atoms with Gasteiger partial charge in [-0.3, -0.25) is 9.79 Å². The van der Waals surface area contributed by atoms with Crippen LogP contribution < -0.4 is 10.1 Å². The van der Waals surface area contributed by atoms with E-state index in [1.54, 1.807) is 35.7 Å². The summed E-state index contributed by atoms with van der Waals surface area (Å²) in [5.74, 6) is 1.60. The Morgan fingerprint density at radius 3 is 2.70 bits per heavy atom. The van der Waals surface area contributed by atoms with Gasteiger partial charge in [-0.2, -0.15) is 0 Å². The van der Waals surface area contributed by atoms with E-state index in [1.165, 1.54) is 11.0 Å². The van der Waals surface area contributed by atoms with E-state index >= 15 is 0 Å². The average molecular weight is 451 g/mol. The van der Waals surface area contributed by atoms with Crippen molar-refractivity contribution in [2.24, 2.45) is 4.99 Å². The van der Waals surface area contributed by atoms with E-state index in [0.717, 1.165) is 40.8 Å². The van der Waals surface area contributed by atoms with Gasteiger partial charge in [-0.05, 0) is 68.5 Å². The molecule has 1 aliphatic rings. The molecule has 0 aromatic heterocycles. The van der Waals surface area contributed by atoms with Crippen LogP contribution >= 0.6 is 23.5 Å². The minimum absolute atomic E-state index is 0.111. The highest BCUT2D eigenvalue weighted by Crippen LogP contribution is 2.31. The first-order chi connectivity index (χ1) is 14.4. The van der Waals surface area contributed by atoms with Crippen LogP contribution in [-0.2, 0) is 4.79 Å². The Morgan fingerprint density at radius 2 is 2.03 bits per heavy atom. The molecule has 162 valence electrons. The minimum Gasteiger partial charge on any atom is -0.487 e. The van der Waals surface area contributed by atoms with Gasteiger partial charge < -0.3 is 15.2 Å². The van der Waals surface area contributed by atoms with Gasteiger partial charge in [0.2, 0.25) is 0 Å². The first kappa shape index (κ1) is 24.1. The Morgan fingerprint density at radius 1 is 1.33 bits per heavy atom. The fraction of sp³-hybridized carbons (Fsp3) is 0.364. The average Bonchev–Trinajstić information content (AvgIpc) is 3.11. The second-order valence-corrected chi connectivity index (χ2v) is 8.93. The van der Waals surface area contributed by atoms with Crippen LogP contribution in [0, 0.1) is 12.7 Å². The molecule has 2 aromatic carbocycles. The number of rotatable bonds is 8. The number of halogens is 1. The summed E-state index contributed by atoms with van der Waals surface area (Å²) in [6.07, 6.45) is 2.95. The number of thioether (sulfide) groups is 2. The van der Waals surface area contributed by atoms with E-state index in [2.05, 4.69) is 30.6 Å². The highest BCUT2D eigenvalue weighted by atomic mass is 32.2. The maximum atomic E-state index is 13.4. The van der Waals surface area contributed by atoms with E-state index in [0.29, 0.717) is 6.61 Å². The number of aliphatic imine (C=N–C) groups is 1. The smallest absolute Gasteiger partial charge is 0.290 e. The van der Waals surface area contributed by atoms with E-state index in [1.807, 2.05) is 19.1 Å². The van der Waals surface area contributed by atoms with Crippen molar-refractivity contribution in [1.29, 1.82) is 0 Å². The molecule has 0 bridgehead atoms. The third-order valence-corrected chi connectivity index (χ3v) is 6.60. The summed E-state index contributed by atoms with van der Waals surface area (Å²) in [5, 5.41) is 11.3. The summed E-state index contributed by atoms with van der Waals surface area (Å²) < 4.78 is 19.3. The van der Waals surface area contributed by atoms with Gasteiger partial charge in [0, 0.05) is 22.9 Å². The third kappa shape index (κ3) is 7.57. The minimum atomic E-state index is -0.250. The second-order valence-electron chi connectivity index (χ2n) is 7.00. The van der Waals surface area contributed by atoms with Gasteiger partial charge >= 0.3 is 0 Å². The number of hydrogen-bond acceptors (Lipinski definition) is 6. The summed E-state index contributed by atoms with van der Waals surface area (Å²) in [4.78, 5) is 14.5. The van der Waals surface area contributed by atoms with E-state index in [-0.39, 0.29) is 17.8 Å². The van der Waals surface area contributed by atoms with Gasteiger partial charge in [0.05, 0.1) is 5.54 Å². The maximum Gasteiger partial charge on any atom is 0.290 e. The molecule has 30 heavy (non-hydrogen) atoms. The lowest BCUT2D eigenvalue weighted by molar-refractivity contribution is -0.122. The molecule has 0 saturated carbocycles. The predicted molar refractivity (Wildman–Crippen MR) is 125 cm³/mol. The largest absolute Gasteiger partial charge is 0.487 e. The maximum absolute atomic E-state index is 13.4. The number of nitrogens with zero attached hydrogens (tertiary/aromatic N) is 1. The lowest BCUT2D eigenvalue weighted by Crippen LogP contribution is -2.26. The number of nitrogens with one attached hydrogen (secondary N) is 1. The van der Waals surface area contributed by atoms with Crippen molar-refractivity contribution < 1.29 is 19.0 Å². The zero-order chi connectivity index (χ0) is 22.0. The monoisotopic (exact) mass is 450 g/mol. The number of carboxylic acid groups (broad SMARTS) is 1. The van der Waals surface area contributed by atoms with Crippen LogP contribution in [-0.4, -0.2) is 47.3 Å². The molecule has 2 aromatic rings. The molecular weight excluding hydrogens is 423 g/mol. The Bertz CT molecular complexity index is 862. The number of anilines is 1. The first-order valence-corrected chi connectivity index (χ1v) is 11.7. The summed E-state index contributed by atoms with van der Waals surface area (Å²) in [6.45, 7) is 5.17. The summed E-state index contributed by atoms with van der Waals surface area (Å²) in [7, 11) is 0. The van der Waals surface area contributed by atoms with Crippen molar-refractivity contribution in [3.05, 3.63) is 53.8 Å². The fourth-order valence-electron chi connectivity index (χ4n) is 2.87. The zero-order valence-electron chi connectivity index (χ0n) is 17.4. The molecule has 1 heterocycles. The van der Waals surface area contributed by atoms with Crippen molar-refractivity contribution >= 4 is 40.7 Å². The number of aryl methyl sites for hydroxylation is 1. The molecule has 0 amide bonds. The van der Waals surface area contributed by atoms with Gasteiger partial charge in [0.15, 0.2) is 0 Å². The van der Waals surface area contributed by atoms with Crippen LogP contribution in [0.4, 0.5) is 10.1 Å². The number of benzene rings is 2. The fourth-order valence-corrected chi connectivity index (χ4v) is 4.40. The van der Waals surface area contributed by atoms with Gasteiger partial charge in [0.1, 0.15) is 23.2 Å². The summed E-state index contributed by atoms with van der Waals surface area (Å²) >= 11 is 3.48.